The molecule has 0 unspecified atom stereocenters. The number of rotatable bonds is 4. The molecule has 4 rings (SSSR count). The van der Waals surface area contributed by atoms with Crippen LogP contribution in [0.4, 0.5) is 11.4 Å². The average molecular weight is 523 g/mol. The molecule has 8 heteroatoms. The maximum Gasteiger partial charge on any atom is 0.270 e. The molecule has 1 aliphatic rings. The fourth-order valence-electron chi connectivity index (χ4n) is 3.89. The minimum absolute atomic E-state index is 0.0341. The van der Waals surface area contributed by atoms with E-state index in [2.05, 4.69) is 50.1 Å². The van der Waals surface area contributed by atoms with E-state index in [1.54, 1.807) is 18.2 Å². The lowest BCUT2D eigenvalue weighted by molar-refractivity contribution is -0.122. The zero-order chi connectivity index (χ0) is 23.9. The van der Waals surface area contributed by atoms with E-state index in [1.165, 1.54) is 4.90 Å². The number of anilines is 2. The van der Waals surface area contributed by atoms with Crippen molar-refractivity contribution in [1.82, 2.24) is 9.88 Å². The van der Waals surface area contributed by atoms with Gasteiger partial charge in [-0.1, -0.05) is 22.0 Å². The summed E-state index contributed by atoms with van der Waals surface area (Å²) >= 11 is 8.71. The number of hydrogen-bond donors (Lipinski definition) is 1. The van der Waals surface area contributed by atoms with Gasteiger partial charge in [0.05, 0.1) is 5.69 Å². The standard InChI is InChI=1S/C25H23BrN4O2S/c1-15-12-17(16(2)29(15)20-10-8-19(9-11-20)28(3)4)13-22-23(31)27-25(33)30(24(22)32)21-7-5-6-18(26)14-21/h5-14H,1-4H3,(H,27,31,33)/b22-13+. The van der Waals surface area contributed by atoms with Crippen molar-refractivity contribution in [2.45, 2.75) is 13.8 Å². The van der Waals surface area contributed by atoms with Gasteiger partial charge in [0, 0.05) is 41.3 Å². The topological polar surface area (TPSA) is 57.6 Å². The number of halogens is 1. The largest absolute Gasteiger partial charge is 0.378 e. The summed E-state index contributed by atoms with van der Waals surface area (Å²) in [5.74, 6) is -0.960. The highest BCUT2D eigenvalue weighted by Crippen LogP contribution is 2.28. The summed E-state index contributed by atoms with van der Waals surface area (Å²) in [4.78, 5) is 29.4. The van der Waals surface area contributed by atoms with Crippen molar-refractivity contribution >= 4 is 62.5 Å². The van der Waals surface area contributed by atoms with Crippen LogP contribution in [-0.4, -0.2) is 35.6 Å². The van der Waals surface area contributed by atoms with E-state index in [-0.39, 0.29) is 10.7 Å². The number of thiocarbonyl (C=S) groups is 1. The normalized spacial score (nSPS) is 15.2. The molecule has 0 aliphatic carbocycles. The molecule has 1 fully saturated rings. The molecule has 2 amide bonds. The average Bonchev–Trinajstić information content (AvgIpc) is 3.04. The van der Waals surface area contributed by atoms with Crippen molar-refractivity contribution in [3.63, 3.8) is 0 Å². The SMILES string of the molecule is Cc1cc(/C=C2\C(=O)NC(=S)N(c3cccc(Br)c3)C2=O)c(C)n1-c1ccc(N(C)C)cc1. The zero-order valence-corrected chi connectivity index (χ0v) is 21.1. The van der Waals surface area contributed by atoms with E-state index in [4.69, 9.17) is 12.2 Å². The Morgan fingerprint density at radius 2 is 1.70 bits per heavy atom. The number of nitrogens with zero attached hydrogens (tertiary/aromatic N) is 3. The lowest BCUT2D eigenvalue weighted by Gasteiger charge is -2.29. The summed E-state index contributed by atoms with van der Waals surface area (Å²) in [6, 6.07) is 17.4. The molecule has 0 bridgehead atoms. The molecular weight excluding hydrogens is 500 g/mol. The van der Waals surface area contributed by atoms with Gasteiger partial charge in [-0.05, 0) is 86.2 Å². The first-order valence-electron chi connectivity index (χ1n) is 10.3. The van der Waals surface area contributed by atoms with Crippen molar-refractivity contribution in [3.8, 4) is 5.69 Å². The molecule has 0 atom stereocenters. The molecule has 2 aromatic carbocycles. The highest BCUT2D eigenvalue weighted by molar-refractivity contribution is 9.10. The van der Waals surface area contributed by atoms with Crippen LogP contribution in [0, 0.1) is 13.8 Å². The second kappa shape index (κ2) is 8.96. The number of aryl methyl sites for hydroxylation is 1. The molecule has 3 aromatic rings. The molecule has 0 saturated carbocycles. The first-order valence-corrected chi connectivity index (χ1v) is 11.5. The first-order chi connectivity index (χ1) is 15.7. The van der Waals surface area contributed by atoms with Crippen LogP contribution in [0.3, 0.4) is 0 Å². The summed E-state index contributed by atoms with van der Waals surface area (Å²) in [7, 11) is 4.00. The molecule has 1 aliphatic heterocycles. The van der Waals surface area contributed by atoms with Crippen LogP contribution in [-0.2, 0) is 9.59 Å². The van der Waals surface area contributed by atoms with Crippen molar-refractivity contribution in [3.05, 3.63) is 81.6 Å². The number of nitrogens with one attached hydrogen (secondary N) is 1. The quantitative estimate of drug-likeness (QED) is 0.305. The number of aromatic nitrogens is 1. The van der Waals surface area contributed by atoms with Crippen LogP contribution in [0.15, 0.2) is 64.6 Å². The minimum Gasteiger partial charge on any atom is -0.378 e. The Morgan fingerprint density at radius 3 is 2.33 bits per heavy atom. The second-order valence-corrected chi connectivity index (χ2v) is 9.31. The van der Waals surface area contributed by atoms with Crippen LogP contribution < -0.4 is 15.1 Å². The van der Waals surface area contributed by atoms with Gasteiger partial charge >= 0.3 is 0 Å². The molecule has 6 nitrogen and oxygen atoms in total. The molecule has 168 valence electrons. The highest BCUT2D eigenvalue weighted by atomic mass is 79.9. The van der Waals surface area contributed by atoms with Gasteiger partial charge in [0.2, 0.25) is 0 Å². The first kappa shape index (κ1) is 22.9. The predicted octanol–water partition coefficient (Wildman–Crippen LogP) is 4.75. The highest BCUT2D eigenvalue weighted by Gasteiger charge is 2.34. The molecule has 33 heavy (non-hydrogen) atoms. The van der Waals surface area contributed by atoms with E-state index in [0.717, 1.165) is 32.8 Å². The summed E-state index contributed by atoms with van der Waals surface area (Å²) < 4.78 is 2.91. The molecule has 2 heterocycles. The molecule has 1 aromatic heterocycles. The van der Waals surface area contributed by atoms with Gasteiger partial charge in [-0.15, -0.1) is 0 Å². The Morgan fingerprint density at radius 1 is 1.00 bits per heavy atom. The van der Waals surface area contributed by atoms with Gasteiger partial charge in [0.1, 0.15) is 5.57 Å². The van der Waals surface area contributed by atoms with Crippen molar-refractivity contribution in [1.29, 1.82) is 0 Å². The van der Waals surface area contributed by atoms with E-state index in [1.807, 2.05) is 51.0 Å². The van der Waals surface area contributed by atoms with Crippen LogP contribution in [0.1, 0.15) is 17.0 Å². The molecule has 0 spiro atoms. The fraction of sp³-hybridized carbons (Fsp3) is 0.160. The summed E-state index contributed by atoms with van der Waals surface area (Å²) in [5.41, 5.74) is 5.46. The zero-order valence-electron chi connectivity index (χ0n) is 18.7. The van der Waals surface area contributed by atoms with Crippen molar-refractivity contribution in [2.24, 2.45) is 0 Å². The number of carbonyl (C=O) groups is 2. The van der Waals surface area contributed by atoms with E-state index in [0.29, 0.717) is 5.69 Å². The fourth-order valence-corrected chi connectivity index (χ4v) is 4.56. The minimum atomic E-state index is -0.503. The number of carbonyl (C=O) groups excluding carboxylic acids is 2. The molecule has 1 saturated heterocycles. The lowest BCUT2D eigenvalue weighted by Crippen LogP contribution is -2.54. The third-order valence-corrected chi connectivity index (χ3v) is 6.34. The van der Waals surface area contributed by atoms with Gasteiger partial charge in [-0.25, -0.2) is 0 Å². The monoisotopic (exact) mass is 522 g/mol. The molecular formula is C25H23BrN4O2S. The Hall–Kier alpha value is -3.23. The van der Waals surface area contributed by atoms with Crippen molar-refractivity contribution < 1.29 is 9.59 Å². The van der Waals surface area contributed by atoms with Gasteiger partial charge in [0.15, 0.2) is 5.11 Å². The summed E-state index contributed by atoms with van der Waals surface area (Å²) in [6.07, 6.45) is 1.64. The lowest BCUT2D eigenvalue weighted by atomic mass is 10.1. The van der Waals surface area contributed by atoms with E-state index >= 15 is 0 Å². The van der Waals surface area contributed by atoms with Crippen LogP contribution in [0.2, 0.25) is 0 Å². The van der Waals surface area contributed by atoms with Crippen LogP contribution in [0.5, 0.6) is 0 Å². The van der Waals surface area contributed by atoms with E-state index in [9.17, 15) is 9.59 Å². The Balaban J connectivity index is 1.73. The van der Waals surface area contributed by atoms with Crippen LogP contribution in [0.25, 0.3) is 11.8 Å². The summed E-state index contributed by atoms with van der Waals surface area (Å²) in [6.45, 7) is 3.97. The van der Waals surface area contributed by atoms with Gasteiger partial charge < -0.3 is 9.47 Å². The predicted molar refractivity (Wildman–Crippen MR) is 140 cm³/mol. The van der Waals surface area contributed by atoms with Crippen molar-refractivity contribution in [2.75, 3.05) is 23.9 Å². The maximum atomic E-state index is 13.3. The smallest absolute Gasteiger partial charge is 0.270 e. The summed E-state index contributed by atoms with van der Waals surface area (Å²) in [5, 5.41) is 2.70. The van der Waals surface area contributed by atoms with Crippen LogP contribution >= 0.6 is 28.1 Å². The molecule has 1 N–H and O–H groups in total. The Bertz CT molecular complexity index is 1310. The second-order valence-electron chi connectivity index (χ2n) is 8.01. The van der Waals surface area contributed by atoms with E-state index < -0.39 is 11.8 Å². The van der Waals surface area contributed by atoms with Gasteiger partial charge in [0.25, 0.3) is 11.8 Å². The molecule has 0 radical (unpaired) electrons. The third kappa shape index (κ3) is 4.36. The number of hydrogen-bond acceptors (Lipinski definition) is 4. The number of amides is 2. The van der Waals surface area contributed by atoms with Gasteiger partial charge in [-0.2, -0.15) is 0 Å². The number of benzene rings is 2. The third-order valence-electron chi connectivity index (χ3n) is 5.56. The maximum absolute atomic E-state index is 13.3. The Labute approximate surface area is 206 Å². The Kier molecular flexibility index (Phi) is 6.23. The van der Waals surface area contributed by atoms with Gasteiger partial charge in [-0.3, -0.25) is 19.8 Å².